The van der Waals surface area contributed by atoms with Gasteiger partial charge in [0.15, 0.2) is 0 Å². The molecule has 1 aliphatic heterocycles. The van der Waals surface area contributed by atoms with Crippen LogP contribution in [0, 0.1) is 0 Å². The molecule has 1 aliphatic rings. The zero-order valence-electron chi connectivity index (χ0n) is 19.5. The summed E-state index contributed by atoms with van der Waals surface area (Å²) < 4.78 is 18.9. The molecule has 0 fully saturated rings. The van der Waals surface area contributed by atoms with Crippen LogP contribution in [0.4, 0.5) is 0 Å². The summed E-state index contributed by atoms with van der Waals surface area (Å²) in [7, 11) is 3.35. The number of ether oxygens (including phenoxy) is 3. The minimum atomic E-state index is -0.321. The zero-order chi connectivity index (χ0) is 24.2. The first-order valence-corrected chi connectivity index (χ1v) is 11.2. The molecule has 176 valence electrons. The number of aromatic nitrogens is 3. The SMILES string of the molecule is CN=Cc1cc(COc2cc3n(c(=O)n2)CCc2cc(OC)ccc2-3)ccc1Oc1cccnc1. The third-order valence-corrected chi connectivity index (χ3v) is 5.77. The molecule has 35 heavy (non-hydrogen) atoms. The van der Waals surface area contributed by atoms with Crippen molar-refractivity contribution in [1.82, 2.24) is 14.5 Å². The van der Waals surface area contributed by atoms with E-state index in [0.29, 0.717) is 18.0 Å². The monoisotopic (exact) mass is 468 g/mol. The van der Waals surface area contributed by atoms with Gasteiger partial charge in [-0.2, -0.15) is 4.98 Å². The van der Waals surface area contributed by atoms with Crippen LogP contribution in [-0.2, 0) is 19.6 Å². The van der Waals surface area contributed by atoms with Gasteiger partial charge >= 0.3 is 5.69 Å². The van der Waals surface area contributed by atoms with Crippen molar-refractivity contribution in [3.8, 4) is 34.4 Å². The summed E-state index contributed by atoms with van der Waals surface area (Å²) in [6.07, 6.45) is 5.82. The van der Waals surface area contributed by atoms with Crippen LogP contribution in [0.3, 0.4) is 0 Å². The third-order valence-electron chi connectivity index (χ3n) is 5.77. The summed E-state index contributed by atoms with van der Waals surface area (Å²) in [6, 6.07) is 17.1. The van der Waals surface area contributed by atoms with Gasteiger partial charge in [-0.15, -0.1) is 0 Å². The Morgan fingerprint density at radius 1 is 1.11 bits per heavy atom. The van der Waals surface area contributed by atoms with Crippen LogP contribution in [-0.4, -0.2) is 34.9 Å². The summed E-state index contributed by atoms with van der Waals surface area (Å²) in [5, 5.41) is 0. The molecule has 0 spiro atoms. The quantitative estimate of drug-likeness (QED) is 0.376. The normalized spacial score (nSPS) is 12.2. The van der Waals surface area contributed by atoms with E-state index in [-0.39, 0.29) is 18.2 Å². The maximum Gasteiger partial charge on any atom is 0.351 e. The number of aryl methyl sites for hydroxylation is 1. The number of hydrogen-bond donors (Lipinski definition) is 0. The highest BCUT2D eigenvalue weighted by Gasteiger charge is 2.19. The van der Waals surface area contributed by atoms with E-state index in [1.165, 1.54) is 0 Å². The second kappa shape index (κ2) is 9.80. The smallest absolute Gasteiger partial charge is 0.351 e. The Morgan fingerprint density at radius 2 is 2.03 bits per heavy atom. The highest BCUT2D eigenvalue weighted by atomic mass is 16.5. The number of rotatable bonds is 7. The average molecular weight is 469 g/mol. The fraction of sp³-hybridized carbons (Fsp3) is 0.185. The van der Waals surface area contributed by atoms with Crippen LogP contribution >= 0.6 is 0 Å². The molecule has 0 amide bonds. The third kappa shape index (κ3) is 4.77. The lowest BCUT2D eigenvalue weighted by Crippen LogP contribution is -2.28. The molecule has 8 heteroatoms. The van der Waals surface area contributed by atoms with Crippen molar-refractivity contribution in [3.63, 3.8) is 0 Å². The summed E-state index contributed by atoms with van der Waals surface area (Å²) in [5.41, 5.74) is 4.29. The van der Waals surface area contributed by atoms with Crippen LogP contribution in [0.15, 0.2) is 76.8 Å². The highest BCUT2D eigenvalue weighted by Crippen LogP contribution is 2.32. The van der Waals surface area contributed by atoms with Gasteiger partial charge in [0.05, 0.1) is 19.0 Å². The molecule has 2 aromatic carbocycles. The number of benzene rings is 2. The lowest BCUT2D eigenvalue weighted by molar-refractivity contribution is 0.291. The Labute approximate surface area is 202 Å². The van der Waals surface area contributed by atoms with Gasteiger partial charge in [0.2, 0.25) is 5.88 Å². The van der Waals surface area contributed by atoms with E-state index >= 15 is 0 Å². The molecule has 3 heterocycles. The average Bonchev–Trinajstić information content (AvgIpc) is 2.89. The van der Waals surface area contributed by atoms with Gasteiger partial charge in [0.25, 0.3) is 0 Å². The van der Waals surface area contributed by atoms with E-state index in [0.717, 1.165) is 40.1 Å². The first kappa shape index (κ1) is 22.3. The molecule has 0 atom stereocenters. The molecule has 8 nitrogen and oxygen atoms in total. The van der Waals surface area contributed by atoms with E-state index in [4.69, 9.17) is 14.2 Å². The van der Waals surface area contributed by atoms with Crippen molar-refractivity contribution < 1.29 is 14.2 Å². The summed E-state index contributed by atoms with van der Waals surface area (Å²) in [5.74, 6) is 2.38. The molecular formula is C27H24N4O4. The minimum absolute atomic E-state index is 0.239. The summed E-state index contributed by atoms with van der Waals surface area (Å²) in [6.45, 7) is 0.808. The van der Waals surface area contributed by atoms with E-state index in [2.05, 4.69) is 15.0 Å². The number of methoxy groups -OCH3 is 1. The van der Waals surface area contributed by atoms with Gasteiger partial charge in [-0.1, -0.05) is 6.07 Å². The number of hydrogen-bond acceptors (Lipinski definition) is 7. The second-order valence-electron chi connectivity index (χ2n) is 8.03. The Hall–Kier alpha value is -4.46. The van der Waals surface area contributed by atoms with Crippen LogP contribution in [0.5, 0.6) is 23.1 Å². The predicted molar refractivity (Wildman–Crippen MR) is 133 cm³/mol. The molecule has 0 N–H and O–H groups in total. The summed E-state index contributed by atoms with van der Waals surface area (Å²) >= 11 is 0. The van der Waals surface area contributed by atoms with Gasteiger partial charge in [-0.05, 0) is 60.0 Å². The summed E-state index contributed by atoms with van der Waals surface area (Å²) in [4.78, 5) is 25.1. The molecule has 5 rings (SSSR count). The fourth-order valence-corrected chi connectivity index (χ4v) is 4.10. The Morgan fingerprint density at radius 3 is 2.83 bits per heavy atom. The number of pyridine rings is 1. The number of aliphatic imine (C=N–C) groups is 1. The molecule has 4 aromatic rings. The van der Waals surface area contributed by atoms with Crippen molar-refractivity contribution in [3.05, 3.63) is 94.2 Å². The molecule has 0 saturated heterocycles. The van der Waals surface area contributed by atoms with Crippen LogP contribution in [0.1, 0.15) is 16.7 Å². The lowest BCUT2D eigenvalue weighted by atomic mass is 9.97. The second-order valence-corrected chi connectivity index (χ2v) is 8.03. The first-order valence-electron chi connectivity index (χ1n) is 11.2. The van der Waals surface area contributed by atoms with Crippen molar-refractivity contribution in [2.45, 2.75) is 19.6 Å². The lowest BCUT2D eigenvalue weighted by Gasteiger charge is -2.22. The zero-order valence-corrected chi connectivity index (χ0v) is 19.5. The maximum absolute atomic E-state index is 12.7. The molecule has 2 aromatic heterocycles. The van der Waals surface area contributed by atoms with Gasteiger partial charge < -0.3 is 14.2 Å². The number of nitrogens with zero attached hydrogens (tertiary/aromatic N) is 4. The fourth-order valence-electron chi connectivity index (χ4n) is 4.10. The van der Waals surface area contributed by atoms with Crippen molar-refractivity contribution in [2.75, 3.05) is 14.2 Å². The van der Waals surface area contributed by atoms with Crippen LogP contribution in [0.25, 0.3) is 11.3 Å². The highest BCUT2D eigenvalue weighted by molar-refractivity contribution is 5.84. The maximum atomic E-state index is 12.7. The molecule has 0 radical (unpaired) electrons. The van der Waals surface area contributed by atoms with Gasteiger partial charge in [0, 0.05) is 43.2 Å². The van der Waals surface area contributed by atoms with E-state index in [1.807, 2.05) is 54.6 Å². The Kier molecular flexibility index (Phi) is 6.26. The molecule has 0 aliphatic carbocycles. The topological polar surface area (TPSA) is 87.8 Å². The van der Waals surface area contributed by atoms with Gasteiger partial charge in [0.1, 0.15) is 23.9 Å². The van der Waals surface area contributed by atoms with Crippen LogP contribution in [0.2, 0.25) is 0 Å². The molecule has 0 bridgehead atoms. The van der Waals surface area contributed by atoms with E-state index < -0.39 is 0 Å². The van der Waals surface area contributed by atoms with Crippen molar-refractivity contribution in [1.29, 1.82) is 0 Å². The van der Waals surface area contributed by atoms with Gasteiger partial charge in [-0.3, -0.25) is 14.5 Å². The van der Waals surface area contributed by atoms with Crippen molar-refractivity contribution in [2.24, 2.45) is 4.99 Å². The standard InChI is InChI=1S/C27H24N4O4/c1-28-15-20-12-18(5-8-25(20)35-22-4-3-10-29-16-22)17-34-26-14-24-23-7-6-21(33-2)13-19(23)9-11-31(24)27(32)30-26/h3-8,10,12-16H,9,11,17H2,1-2H3. The van der Waals surface area contributed by atoms with E-state index in [9.17, 15) is 4.79 Å². The Bertz CT molecular complexity index is 1450. The van der Waals surface area contributed by atoms with Crippen LogP contribution < -0.4 is 19.9 Å². The molecule has 0 unspecified atom stereocenters. The Balaban J connectivity index is 1.38. The minimum Gasteiger partial charge on any atom is -0.497 e. The van der Waals surface area contributed by atoms with E-state index in [1.54, 1.807) is 37.3 Å². The first-order chi connectivity index (χ1) is 17.1. The van der Waals surface area contributed by atoms with Crippen molar-refractivity contribution >= 4 is 6.21 Å². The number of fused-ring (bicyclic) bond motifs is 3. The largest absolute Gasteiger partial charge is 0.497 e. The predicted octanol–water partition coefficient (Wildman–Crippen LogP) is 4.29. The molecule has 0 saturated carbocycles. The molecular weight excluding hydrogens is 444 g/mol. The van der Waals surface area contributed by atoms with Gasteiger partial charge in [-0.25, -0.2) is 4.79 Å².